The molecule has 0 spiro atoms. The number of para-hydroxylation sites is 2. The molecule has 5 nitrogen and oxygen atoms in total. The zero-order valence-corrected chi connectivity index (χ0v) is 16.7. The fourth-order valence-corrected chi connectivity index (χ4v) is 3.61. The average Bonchev–Trinajstić information content (AvgIpc) is 2.77. The van der Waals surface area contributed by atoms with E-state index in [4.69, 9.17) is 4.74 Å². The molecule has 0 bridgehead atoms. The van der Waals surface area contributed by atoms with E-state index >= 15 is 0 Å². The van der Waals surface area contributed by atoms with E-state index in [1.54, 1.807) is 12.1 Å². The van der Waals surface area contributed by atoms with Gasteiger partial charge in [0.2, 0.25) is 0 Å². The fourth-order valence-electron chi connectivity index (χ4n) is 3.61. The van der Waals surface area contributed by atoms with Crippen molar-refractivity contribution in [3.05, 3.63) is 84.7 Å². The van der Waals surface area contributed by atoms with E-state index in [0.717, 1.165) is 37.6 Å². The molecule has 3 aromatic carbocycles. The van der Waals surface area contributed by atoms with Gasteiger partial charge in [-0.1, -0.05) is 30.3 Å². The highest BCUT2D eigenvalue weighted by Crippen LogP contribution is 2.22. The molecule has 4 rings (SSSR count). The Bertz CT molecular complexity index is 971. The largest absolute Gasteiger partial charge is 0.457 e. The molecule has 6 heteroatoms. The van der Waals surface area contributed by atoms with Crippen LogP contribution in [0.1, 0.15) is 0 Å². The van der Waals surface area contributed by atoms with E-state index in [1.807, 2.05) is 65.6 Å². The second kappa shape index (κ2) is 9.41. The van der Waals surface area contributed by atoms with Crippen molar-refractivity contribution in [1.29, 1.82) is 0 Å². The first-order chi connectivity index (χ1) is 14.7. The number of amides is 1. The maximum absolute atomic E-state index is 14.0. The number of nitrogens with one attached hydrogen (secondary N) is 2. The average molecular weight is 406 g/mol. The highest BCUT2D eigenvalue weighted by atomic mass is 19.1. The van der Waals surface area contributed by atoms with Crippen LogP contribution >= 0.6 is 0 Å². The van der Waals surface area contributed by atoms with Crippen molar-refractivity contribution in [2.24, 2.45) is 0 Å². The lowest BCUT2D eigenvalue weighted by atomic mass is 10.2. The SMILES string of the molecule is O=C(C[NH+]1CCN(c2ccccc2F)CC1)Nc1ccc(Oc2ccccc2)cc1. The molecule has 154 valence electrons. The summed E-state index contributed by atoms with van der Waals surface area (Å²) in [5.74, 6) is 1.26. The van der Waals surface area contributed by atoms with Gasteiger partial charge in [0.25, 0.3) is 5.91 Å². The van der Waals surface area contributed by atoms with Crippen LogP contribution in [0.15, 0.2) is 78.9 Å². The Hall–Kier alpha value is -3.38. The van der Waals surface area contributed by atoms with Gasteiger partial charge >= 0.3 is 0 Å². The summed E-state index contributed by atoms with van der Waals surface area (Å²) in [6, 6.07) is 23.7. The van der Waals surface area contributed by atoms with E-state index < -0.39 is 0 Å². The Morgan fingerprint density at radius 1 is 0.900 bits per heavy atom. The van der Waals surface area contributed by atoms with Crippen molar-refractivity contribution in [1.82, 2.24) is 0 Å². The molecule has 0 unspecified atom stereocenters. The number of hydrogen-bond acceptors (Lipinski definition) is 3. The number of ether oxygens (including phenoxy) is 1. The van der Waals surface area contributed by atoms with Gasteiger partial charge in [-0.2, -0.15) is 0 Å². The van der Waals surface area contributed by atoms with Gasteiger partial charge in [0, 0.05) is 5.69 Å². The number of quaternary nitrogens is 1. The molecule has 3 aromatic rings. The summed E-state index contributed by atoms with van der Waals surface area (Å²) in [5.41, 5.74) is 1.38. The summed E-state index contributed by atoms with van der Waals surface area (Å²) in [4.78, 5) is 15.7. The van der Waals surface area contributed by atoms with Crippen LogP contribution < -0.4 is 19.9 Å². The van der Waals surface area contributed by atoms with Crippen molar-refractivity contribution >= 4 is 17.3 Å². The predicted molar refractivity (Wildman–Crippen MR) is 116 cm³/mol. The smallest absolute Gasteiger partial charge is 0.279 e. The minimum Gasteiger partial charge on any atom is -0.457 e. The Labute approximate surface area is 175 Å². The molecule has 0 aliphatic carbocycles. The van der Waals surface area contributed by atoms with Crippen LogP contribution in [0.3, 0.4) is 0 Å². The number of anilines is 2. The van der Waals surface area contributed by atoms with Crippen LogP contribution in [0, 0.1) is 5.82 Å². The number of benzene rings is 3. The van der Waals surface area contributed by atoms with Crippen LogP contribution in [0.25, 0.3) is 0 Å². The summed E-state index contributed by atoms with van der Waals surface area (Å²) < 4.78 is 19.7. The van der Waals surface area contributed by atoms with Gasteiger partial charge in [0.05, 0.1) is 31.9 Å². The normalized spacial score (nSPS) is 14.4. The molecule has 1 aliphatic heterocycles. The first-order valence-electron chi connectivity index (χ1n) is 10.1. The third kappa shape index (κ3) is 5.15. The third-order valence-electron chi connectivity index (χ3n) is 5.19. The first-order valence-corrected chi connectivity index (χ1v) is 10.1. The maximum Gasteiger partial charge on any atom is 0.279 e. The monoisotopic (exact) mass is 406 g/mol. The zero-order valence-electron chi connectivity index (χ0n) is 16.7. The molecule has 30 heavy (non-hydrogen) atoms. The van der Waals surface area contributed by atoms with Gasteiger partial charge < -0.3 is 19.9 Å². The molecule has 0 saturated carbocycles. The van der Waals surface area contributed by atoms with Crippen molar-refractivity contribution in [3.63, 3.8) is 0 Å². The number of piperazine rings is 1. The van der Waals surface area contributed by atoms with E-state index in [1.165, 1.54) is 11.0 Å². The Kier molecular flexibility index (Phi) is 6.25. The van der Waals surface area contributed by atoms with Gasteiger partial charge in [0.15, 0.2) is 6.54 Å². The topological polar surface area (TPSA) is 46.0 Å². The Balaban J connectivity index is 1.25. The minimum atomic E-state index is -0.196. The number of carbonyl (C=O) groups excluding carboxylic acids is 1. The Morgan fingerprint density at radius 2 is 1.53 bits per heavy atom. The predicted octanol–water partition coefficient (Wildman–Crippen LogP) is 2.96. The van der Waals surface area contributed by atoms with Gasteiger partial charge in [-0.15, -0.1) is 0 Å². The van der Waals surface area contributed by atoms with Crippen molar-refractivity contribution in [3.8, 4) is 11.5 Å². The number of halogens is 1. The molecular weight excluding hydrogens is 381 g/mol. The third-order valence-corrected chi connectivity index (χ3v) is 5.19. The summed E-state index contributed by atoms with van der Waals surface area (Å²) in [6.45, 7) is 3.45. The highest BCUT2D eigenvalue weighted by Gasteiger charge is 2.23. The number of carbonyl (C=O) groups is 1. The maximum atomic E-state index is 14.0. The molecule has 1 heterocycles. The zero-order chi connectivity index (χ0) is 20.8. The minimum absolute atomic E-state index is 0.0268. The summed E-state index contributed by atoms with van der Waals surface area (Å²) in [6.07, 6.45) is 0. The number of rotatable bonds is 6. The standard InChI is InChI=1S/C24H24FN3O2/c25-22-8-4-5-9-23(22)28-16-14-27(15-17-28)18-24(29)26-19-10-12-21(13-11-19)30-20-6-2-1-3-7-20/h1-13H,14-18H2,(H,26,29)/p+1. The molecule has 0 aromatic heterocycles. The van der Waals surface area contributed by atoms with E-state index in [9.17, 15) is 9.18 Å². The van der Waals surface area contributed by atoms with Crippen LogP contribution in [0.5, 0.6) is 11.5 Å². The van der Waals surface area contributed by atoms with Gasteiger partial charge in [-0.05, 0) is 48.5 Å². The van der Waals surface area contributed by atoms with Crippen molar-refractivity contribution in [2.45, 2.75) is 0 Å². The quantitative estimate of drug-likeness (QED) is 0.662. The van der Waals surface area contributed by atoms with E-state index in [2.05, 4.69) is 5.32 Å². The molecule has 0 atom stereocenters. The van der Waals surface area contributed by atoms with Gasteiger partial charge in [0.1, 0.15) is 17.3 Å². The van der Waals surface area contributed by atoms with Crippen molar-refractivity contribution < 1.29 is 18.8 Å². The van der Waals surface area contributed by atoms with Gasteiger partial charge in [-0.3, -0.25) is 4.79 Å². The summed E-state index contributed by atoms with van der Waals surface area (Å²) >= 11 is 0. The lowest BCUT2D eigenvalue weighted by Crippen LogP contribution is -3.15. The van der Waals surface area contributed by atoms with Crippen molar-refractivity contribution in [2.75, 3.05) is 42.9 Å². The van der Waals surface area contributed by atoms with Crippen LogP contribution in [-0.4, -0.2) is 38.6 Å². The molecule has 2 N–H and O–H groups in total. The number of hydrogen-bond donors (Lipinski definition) is 2. The molecule has 0 radical (unpaired) electrons. The summed E-state index contributed by atoms with van der Waals surface area (Å²) in [5, 5.41) is 2.94. The second-order valence-electron chi connectivity index (χ2n) is 7.35. The van der Waals surface area contributed by atoms with E-state index in [0.29, 0.717) is 18.0 Å². The lowest BCUT2D eigenvalue weighted by molar-refractivity contribution is -0.892. The molecular formula is C24H25FN3O2+. The molecule has 1 fully saturated rings. The highest BCUT2D eigenvalue weighted by molar-refractivity contribution is 5.91. The Morgan fingerprint density at radius 3 is 2.23 bits per heavy atom. The van der Waals surface area contributed by atoms with E-state index in [-0.39, 0.29) is 11.7 Å². The van der Waals surface area contributed by atoms with Gasteiger partial charge in [-0.25, -0.2) is 4.39 Å². The molecule has 1 saturated heterocycles. The fraction of sp³-hybridized carbons (Fsp3) is 0.208. The second-order valence-corrected chi connectivity index (χ2v) is 7.35. The molecule has 1 aliphatic rings. The van der Waals surface area contributed by atoms with Crippen LogP contribution in [-0.2, 0) is 4.79 Å². The van der Waals surface area contributed by atoms with Crippen LogP contribution in [0.4, 0.5) is 15.8 Å². The van der Waals surface area contributed by atoms with Crippen LogP contribution in [0.2, 0.25) is 0 Å². The summed E-state index contributed by atoms with van der Waals surface area (Å²) in [7, 11) is 0. The molecule has 1 amide bonds. The lowest BCUT2D eigenvalue weighted by Gasteiger charge is -2.33. The number of nitrogens with zero attached hydrogens (tertiary/aromatic N) is 1. The first kappa shape index (κ1) is 19.9.